The summed E-state index contributed by atoms with van der Waals surface area (Å²) >= 11 is 7.02. The Morgan fingerprint density at radius 1 is 1.03 bits per heavy atom. The molecule has 0 spiro atoms. The first-order chi connectivity index (χ1) is 16.4. The highest BCUT2D eigenvalue weighted by Gasteiger charge is 2.16. The van der Waals surface area contributed by atoms with Crippen molar-refractivity contribution >= 4 is 43.8 Å². The van der Waals surface area contributed by atoms with Crippen LogP contribution in [0, 0.1) is 6.92 Å². The SMILES string of the molecule is COc1cc(C=Nc2c(C)n(C)n(-c3ccccc3)c2=O)cc(Br)c1OCc1ccc(Br)cc1. The third-order valence-corrected chi connectivity index (χ3v) is 6.53. The molecule has 1 heterocycles. The maximum absolute atomic E-state index is 13.1. The molecule has 6 nitrogen and oxygen atoms in total. The lowest BCUT2D eigenvalue weighted by molar-refractivity contribution is 0.282. The lowest BCUT2D eigenvalue weighted by Gasteiger charge is -2.13. The van der Waals surface area contributed by atoms with E-state index in [1.54, 1.807) is 22.7 Å². The van der Waals surface area contributed by atoms with E-state index in [2.05, 4.69) is 36.9 Å². The molecule has 0 bridgehead atoms. The Morgan fingerprint density at radius 3 is 2.41 bits per heavy atom. The molecule has 0 unspecified atom stereocenters. The van der Waals surface area contributed by atoms with Crippen LogP contribution in [0.25, 0.3) is 5.69 Å². The van der Waals surface area contributed by atoms with Crippen molar-refractivity contribution in [1.29, 1.82) is 0 Å². The van der Waals surface area contributed by atoms with Crippen molar-refractivity contribution in [3.63, 3.8) is 0 Å². The average molecular weight is 585 g/mol. The largest absolute Gasteiger partial charge is 0.493 e. The Kier molecular flexibility index (Phi) is 7.38. The van der Waals surface area contributed by atoms with Crippen LogP contribution in [-0.2, 0) is 13.7 Å². The van der Waals surface area contributed by atoms with Gasteiger partial charge in [0.05, 0.1) is 23.0 Å². The highest BCUT2D eigenvalue weighted by atomic mass is 79.9. The first-order valence-corrected chi connectivity index (χ1v) is 12.1. The van der Waals surface area contributed by atoms with E-state index in [4.69, 9.17) is 9.47 Å². The second-order valence-electron chi connectivity index (χ2n) is 7.62. The molecule has 0 aliphatic carbocycles. The molecule has 0 fully saturated rings. The lowest BCUT2D eigenvalue weighted by Crippen LogP contribution is -2.19. The summed E-state index contributed by atoms with van der Waals surface area (Å²) in [6.45, 7) is 2.28. The van der Waals surface area contributed by atoms with Crippen LogP contribution in [-0.4, -0.2) is 22.7 Å². The van der Waals surface area contributed by atoms with Gasteiger partial charge in [0.25, 0.3) is 5.56 Å². The molecule has 1 aromatic heterocycles. The Labute approximate surface area is 214 Å². The summed E-state index contributed by atoms with van der Waals surface area (Å²) in [5.74, 6) is 1.17. The van der Waals surface area contributed by atoms with Gasteiger partial charge in [-0.05, 0) is 70.4 Å². The summed E-state index contributed by atoms with van der Waals surface area (Å²) in [6.07, 6.45) is 1.66. The number of ether oxygens (including phenoxy) is 2. The highest BCUT2D eigenvalue weighted by Crippen LogP contribution is 2.37. The van der Waals surface area contributed by atoms with Crippen molar-refractivity contribution in [2.75, 3.05) is 7.11 Å². The van der Waals surface area contributed by atoms with Gasteiger partial charge in [-0.25, -0.2) is 9.67 Å². The number of methoxy groups -OCH3 is 1. The third-order valence-electron chi connectivity index (χ3n) is 5.41. The van der Waals surface area contributed by atoms with E-state index in [0.717, 1.165) is 31.5 Å². The fourth-order valence-electron chi connectivity index (χ4n) is 3.53. The van der Waals surface area contributed by atoms with Crippen molar-refractivity contribution in [3.05, 3.63) is 103 Å². The van der Waals surface area contributed by atoms with Crippen molar-refractivity contribution in [3.8, 4) is 17.2 Å². The molecule has 4 rings (SSSR count). The highest BCUT2D eigenvalue weighted by molar-refractivity contribution is 9.10. The second kappa shape index (κ2) is 10.4. The number of rotatable bonds is 7. The lowest BCUT2D eigenvalue weighted by atomic mass is 10.2. The maximum atomic E-state index is 13.1. The number of halogens is 2. The van der Waals surface area contributed by atoms with E-state index >= 15 is 0 Å². The van der Waals surface area contributed by atoms with E-state index in [0.29, 0.717) is 23.8 Å². The smallest absolute Gasteiger partial charge is 0.297 e. The molecular weight excluding hydrogens is 562 g/mol. The zero-order valence-electron chi connectivity index (χ0n) is 19.0. The van der Waals surface area contributed by atoms with Gasteiger partial charge in [0, 0.05) is 17.7 Å². The predicted octanol–water partition coefficient (Wildman–Crippen LogP) is 6.35. The van der Waals surface area contributed by atoms with Crippen LogP contribution in [0.4, 0.5) is 5.69 Å². The number of nitrogens with zero attached hydrogens (tertiary/aromatic N) is 3. The normalized spacial score (nSPS) is 11.2. The molecule has 0 N–H and O–H groups in total. The molecule has 0 atom stereocenters. The summed E-state index contributed by atoms with van der Waals surface area (Å²) < 4.78 is 16.7. The van der Waals surface area contributed by atoms with E-state index in [-0.39, 0.29) is 5.56 Å². The quantitative estimate of drug-likeness (QED) is 0.238. The first-order valence-electron chi connectivity index (χ1n) is 10.5. The minimum absolute atomic E-state index is 0.178. The average Bonchev–Trinajstić information content (AvgIpc) is 3.05. The van der Waals surface area contributed by atoms with Gasteiger partial charge in [0.1, 0.15) is 6.61 Å². The van der Waals surface area contributed by atoms with E-state index in [1.807, 2.05) is 80.7 Å². The summed E-state index contributed by atoms with van der Waals surface area (Å²) in [5, 5.41) is 0. The summed E-state index contributed by atoms with van der Waals surface area (Å²) in [5.41, 5.74) is 3.58. The van der Waals surface area contributed by atoms with Gasteiger partial charge < -0.3 is 9.47 Å². The molecule has 0 aliphatic rings. The number of benzene rings is 3. The zero-order valence-corrected chi connectivity index (χ0v) is 22.1. The monoisotopic (exact) mass is 583 g/mol. The summed E-state index contributed by atoms with van der Waals surface area (Å²) in [4.78, 5) is 17.6. The molecular formula is C26H23Br2N3O3. The molecule has 3 aromatic carbocycles. The number of para-hydroxylation sites is 1. The van der Waals surface area contributed by atoms with Crippen LogP contribution in [0.5, 0.6) is 11.5 Å². The van der Waals surface area contributed by atoms with Crippen molar-refractivity contribution in [1.82, 2.24) is 9.36 Å². The number of hydrogen-bond donors (Lipinski definition) is 0. The molecule has 34 heavy (non-hydrogen) atoms. The van der Waals surface area contributed by atoms with Crippen LogP contribution in [0.3, 0.4) is 0 Å². The molecule has 0 aliphatic heterocycles. The molecule has 8 heteroatoms. The van der Waals surface area contributed by atoms with Gasteiger partial charge in [-0.1, -0.05) is 46.3 Å². The number of hydrogen-bond acceptors (Lipinski definition) is 4. The van der Waals surface area contributed by atoms with Crippen molar-refractivity contribution < 1.29 is 9.47 Å². The molecule has 0 radical (unpaired) electrons. The zero-order chi connectivity index (χ0) is 24.2. The van der Waals surface area contributed by atoms with Gasteiger partial charge >= 0.3 is 0 Å². The van der Waals surface area contributed by atoms with Crippen molar-refractivity contribution in [2.45, 2.75) is 13.5 Å². The molecule has 0 amide bonds. The second-order valence-corrected chi connectivity index (χ2v) is 9.39. The fraction of sp³-hybridized carbons (Fsp3) is 0.154. The van der Waals surface area contributed by atoms with E-state index < -0.39 is 0 Å². The van der Waals surface area contributed by atoms with E-state index in [9.17, 15) is 4.79 Å². The van der Waals surface area contributed by atoms with E-state index in [1.165, 1.54) is 0 Å². The number of aliphatic imine (C=N–C) groups is 1. The van der Waals surface area contributed by atoms with Crippen LogP contribution in [0.15, 0.2) is 85.5 Å². The third kappa shape index (κ3) is 5.03. The standard InChI is InChI=1S/C26H23Br2N3O3/c1-17-24(26(32)31(30(17)2)21-7-5-4-6-8-21)29-15-19-13-22(28)25(23(14-19)33-3)34-16-18-9-11-20(27)12-10-18/h4-15H,16H2,1-3H3. The van der Waals surface area contributed by atoms with Gasteiger partial charge in [0.2, 0.25) is 0 Å². The first kappa shape index (κ1) is 24.0. The van der Waals surface area contributed by atoms with Crippen LogP contribution >= 0.6 is 31.9 Å². The maximum Gasteiger partial charge on any atom is 0.297 e. The summed E-state index contributed by atoms with van der Waals surface area (Å²) in [7, 11) is 3.44. The Balaban J connectivity index is 1.61. The molecule has 4 aromatic rings. The summed E-state index contributed by atoms with van der Waals surface area (Å²) in [6, 6.07) is 21.2. The van der Waals surface area contributed by atoms with Crippen LogP contribution < -0.4 is 15.0 Å². The minimum Gasteiger partial charge on any atom is -0.493 e. The van der Waals surface area contributed by atoms with Crippen LogP contribution in [0.2, 0.25) is 0 Å². The van der Waals surface area contributed by atoms with Crippen molar-refractivity contribution in [2.24, 2.45) is 12.0 Å². The molecule has 174 valence electrons. The fourth-order valence-corrected chi connectivity index (χ4v) is 4.37. The Hall–Kier alpha value is -3.10. The van der Waals surface area contributed by atoms with Gasteiger partial charge in [0.15, 0.2) is 17.2 Å². The van der Waals surface area contributed by atoms with Gasteiger partial charge in [-0.2, -0.15) is 0 Å². The predicted molar refractivity (Wildman–Crippen MR) is 142 cm³/mol. The molecule has 0 saturated carbocycles. The Morgan fingerprint density at radius 2 is 1.74 bits per heavy atom. The minimum atomic E-state index is -0.178. The van der Waals surface area contributed by atoms with Gasteiger partial charge in [-0.15, -0.1) is 0 Å². The topological polar surface area (TPSA) is 57.8 Å². The number of aromatic nitrogens is 2. The van der Waals surface area contributed by atoms with Crippen LogP contribution in [0.1, 0.15) is 16.8 Å². The Bertz CT molecular complexity index is 1390. The van der Waals surface area contributed by atoms with Gasteiger partial charge in [-0.3, -0.25) is 9.48 Å². The molecule has 0 saturated heterocycles.